The highest BCUT2D eigenvalue weighted by molar-refractivity contribution is 6.02. The van der Waals surface area contributed by atoms with Crippen molar-refractivity contribution in [1.82, 2.24) is 4.98 Å². The van der Waals surface area contributed by atoms with Gasteiger partial charge in [-0.2, -0.15) is 0 Å². The number of hydrogen-bond donors (Lipinski definition) is 2. The first-order valence-electron chi connectivity index (χ1n) is 5.50. The topological polar surface area (TPSA) is 84.0 Å². The molecule has 1 aromatic rings. The Labute approximate surface area is 99.7 Å². The lowest BCUT2D eigenvalue weighted by Gasteiger charge is -2.29. The number of hydrogen-bond acceptors (Lipinski definition) is 5. The number of ether oxygens (including phenoxy) is 1. The van der Waals surface area contributed by atoms with Crippen LogP contribution in [0.3, 0.4) is 0 Å². The molecule has 1 aliphatic rings. The fraction of sp³-hybridized carbons (Fsp3) is 0.455. The molecule has 0 bridgehead atoms. The second-order valence-electron chi connectivity index (χ2n) is 3.91. The Morgan fingerprint density at radius 1 is 1.53 bits per heavy atom. The van der Waals surface area contributed by atoms with Crippen molar-refractivity contribution in [2.24, 2.45) is 10.9 Å². The maximum atomic E-state index is 8.83. The van der Waals surface area contributed by atoms with Crippen LogP contribution in [0.4, 0.5) is 5.82 Å². The summed E-state index contributed by atoms with van der Waals surface area (Å²) in [5.74, 6) is 0.848. The Morgan fingerprint density at radius 2 is 2.24 bits per heavy atom. The van der Waals surface area contributed by atoms with Crippen molar-refractivity contribution in [3.8, 4) is 0 Å². The highest BCUT2D eigenvalue weighted by atomic mass is 16.5. The van der Waals surface area contributed by atoms with Gasteiger partial charge in [0.15, 0.2) is 5.84 Å². The molecule has 0 aliphatic carbocycles. The summed E-state index contributed by atoms with van der Waals surface area (Å²) in [7, 11) is 0. The lowest BCUT2D eigenvalue weighted by atomic mass is 10.1. The minimum absolute atomic E-state index is 0.0945. The first-order valence-corrected chi connectivity index (χ1v) is 5.50. The summed E-state index contributed by atoms with van der Waals surface area (Å²) >= 11 is 0. The fourth-order valence-corrected chi connectivity index (χ4v) is 1.93. The van der Waals surface area contributed by atoms with Crippen molar-refractivity contribution in [2.75, 3.05) is 31.2 Å². The predicted octanol–water partition coefficient (Wildman–Crippen LogP) is 0.321. The lowest BCUT2D eigenvalue weighted by Crippen LogP contribution is -2.38. The number of morpholine rings is 1. The smallest absolute Gasteiger partial charge is 0.174 e. The molecule has 0 radical (unpaired) electrons. The molecule has 6 heteroatoms. The number of anilines is 1. The van der Waals surface area contributed by atoms with E-state index in [1.807, 2.05) is 13.0 Å². The molecule has 0 spiro atoms. The number of nitrogens with zero attached hydrogens (tertiary/aromatic N) is 3. The van der Waals surface area contributed by atoms with Crippen molar-refractivity contribution >= 4 is 11.7 Å². The van der Waals surface area contributed by atoms with E-state index in [1.165, 1.54) is 0 Å². The predicted molar refractivity (Wildman–Crippen MR) is 64.5 cm³/mol. The molecule has 17 heavy (non-hydrogen) atoms. The number of pyridine rings is 1. The van der Waals surface area contributed by atoms with Gasteiger partial charge in [0.1, 0.15) is 5.82 Å². The van der Waals surface area contributed by atoms with Crippen LogP contribution in [0.5, 0.6) is 0 Å². The normalized spacial score (nSPS) is 17.2. The highest BCUT2D eigenvalue weighted by Gasteiger charge is 2.19. The van der Waals surface area contributed by atoms with Crippen LogP contribution >= 0.6 is 0 Å². The summed E-state index contributed by atoms with van der Waals surface area (Å²) in [6.45, 7) is 4.79. The largest absolute Gasteiger partial charge is 0.409 e. The number of aromatic nitrogens is 1. The van der Waals surface area contributed by atoms with E-state index < -0.39 is 0 Å². The van der Waals surface area contributed by atoms with Gasteiger partial charge in [-0.3, -0.25) is 0 Å². The number of amidine groups is 1. The average Bonchev–Trinajstić information content (AvgIpc) is 2.38. The number of rotatable bonds is 2. The van der Waals surface area contributed by atoms with Gasteiger partial charge >= 0.3 is 0 Å². The summed E-state index contributed by atoms with van der Waals surface area (Å²) in [5, 5.41) is 11.9. The Bertz CT molecular complexity index is 427. The molecule has 1 saturated heterocycles. The zero-order valence-electron chi connectivity index (χ0n) is 9.76. The van der Waals surface area contributed by atoms with Crippen molar-refractivity contribution in [1.29, 1.82) is 0 Å². The SMILES string of the molecule is Cc1ccnc(N2CCOCC2)c1/C(N)=N/O. The average molecular weight is 236 g/mol. The van der Waals surface area contributed by atoms with Gasteiger partial charge in [0.2, 0.25) is 0 Å². The van der Waals surface area contributed by atoms with E-state index in [1.54, 1.807) is 6.20 Å². The Morgan fingerprint density at radius 3 is 2.88 bits per heavy atom. The minimum Gasteiger partial charge on any atom is -0.409 e. The standard InChI is InChI=1S/C11H16N4O2/c1-8-2-3-13-11(9(8)10(12)14-16)15-4-6-17-7-5-15/h2-3,16H,4-7H2,1H3,(H2,12,14). The van der Waals surface area contributed by atoms with Gasteiger partial charge in [0.25, 0.3) is 0 Å². The molecule has 1 aliphatic heterocycles. The van der Waals surface area contributed by atoms with Gasteiger partial charge < -0.3 is 20.6 Å². The molecule has 0 amide bonds. The monoisotopic (exact) mass is 236 g/mol. The second kappa shape index (κ2) is 5.01. The van der Waals surface area contributed by atoms with E-state index in [0.29, 0.717) is 18.8 Å². The van der Waals surface area contributed by atoms with Gasteiger partial charge in [0.05, 0.1) is 18.8 Å². The van der Waals surface area contributed by atoms with E-state index in [9.17, 15) is 0 Å². The lowest BCUT2D eigenvalue weighted by molar-refractivity contribution is 0.122. The molecule has 6 nitrogen and oxygen atoms in total. The van der Waals surface area contributed by atoms with Gasteiger partial charge in [0, 0.05) is 19.3 Å². The summed E-state index contributed by atoms with van der Waals surface area (Å²) in [6, 6.07) is 1.84. The van der Waals surface area contributed by atoms with Crippen LogP contribution in [0.2, 0.25) is 0 Å². The fourth-order valence-electron chi connectivity index (χ4n) is 1.93. The molecule has 0 saturated carbocycles. The summed E-state index contributed by atoms with van der Waals surface area (Å²) in [4.78, 5) is 6.42. The molecule has 0 aromatic carbocycles. The summed E-state index contributed by atoms with van der Waals surface area (Å²) in [5.41, 5.74) is 7.34. The van der Waals surface area contributed by atoms with Crippen LogP contribution in [0.25, 0.3) is 0 Å². The molecule has 0 unspecified atom stereocenters. The van der Waals surface area contributed by atoms with Crippen molar-refractivity contribution < 1.29 is 9.94 Å². The Balaban J connectivity index is 2.41. The Hall–Kier alpha value is -1.82. The molecule has 2 heterocycles. The molecule has 1 fully saturated rings. The van der Waals surface area contributed by atoms with Crippen LogP contribution in [0.1, 0.15) is 11.1 Å². The van der Waals surface area contributed by atoms with E-state index in [2.05, 4.69) is 15.0 Å². The number of oxime groups is 1. The van der Waals surface area contributed by atoms with E-state index >= 15 is 0 Å². The van der Waals surface area contributed by atoms with Crippen LogP contribution < -0.4 is 10.6 Å². The van der Waals surface area contributed by atoms with Crippen molar-refractivity contribution in [2.45, 2.75) is 6.92 Å². The Kier molecular flexibility index (Phi) is 3.43. The van der Waals surface area contributed by atoms with Crippen LogP contribution in [-0.2, 0) is 4.74 Å². The van der Waals surface area contributed by atoms with Gasteiger partial charge in [-0.05, 0) is 18.6 Å². The number of aryl methyl sites for hydroxylation is 1. The van der Waals surface area contributed by atoms with Crippen molar-refractivity contribution in [3.05, 3.63) is 23.4 Å². The third kappa shape index (κ3) is 2.31. The van der Waals surface area contributed by atoms with Crippen LogP contribution in [-0.4, -0.2) is 42.3 Å². The first kappa shape index (κ1) is 11.7. The van der Waals surface area contributed by atoms with Crippen LogP contribution in [0, 0.1) is 6.92 Å². The molecular formula is C11H16N4O2. The van der Waals surface area contributed by atoms with Gasteiger partial charge in [-0.15, -0.1) is 0 Å². The zero-order chi connectivity index (χ0) is 12.3. The summed E-state index contributed by atoms with van der Waals surface area (Å²) < 4.78 is 5.30. The second-order valence-corrected chi connectivity index (χ2v) is 3.91. The molecule has 92 valence electrons. The summed E-state index contributed by atoms with van der Waals surface area (Å²) in [6.07, 6.45) is 1.73. The van der Waals surface area contributed by atoms with Gasteiger partial charge in [-0.1, -0.05) is 5.16 Å². The maximum Gasteiger partial charge on any atom is 0.174 e. The highest BCUT2D eigenvalue weighted by Crippen LogP contribution is 2.21. The van der Waals surface area contributed by atoms with Crippen molar-refractivity contribution in [3.63, 3.8) is 0 Å². The van der Waals surface area contributed by atoms with Crippen LogP contribution in [0.15, 0.2) is 17.4 Å². The van der Waals surface area contributed by atoms with E-state index in [0.717, 1.165) is 24.5 Å². The molecule has 1 aromatic heterocycles. The van der Waals surface area contributed by atoms with E-state index in [-0.39, 0.29) is 5.84 Å². The molecule has 0 atom stereocenters. The first-order chi connectivity index (χ1) is 8.24. The molecule has 2 rings (SSSR count). The van der Waals surface area contributed by atoms with E-state index in [4.69, 9.17) is 15.7 Å². The minimum atomic E-state index is 0.0945. The molecular weight excluding hydrogens is 220 g/mol. The zero-order valence-corrected chi connectivity index (χ0v) is 9.76. The third-order valence-corrected chi connectivity index (χ3v) is 2.81. The third-order valence-electron chi connectivity index (χ3n) is 2.81. The maximum absolute atomic E-state index is 8.83. The quantitative estimate of drug-likeness (QED) is 0.334. The molecule has 3 N–H and O–H groups in total. The number of nitrogens with two attached hydrogens (primary N) is 1. The van der Waals surface area contributed by atoms with Gasteiger partial charge in [-0.25, -0.2) is 4.98 Å².